The van der Waals surface area contributed by atoms with Gasteiger partial charge in [0.1, 0.15) is 5.82 Å². The van der Waals surface area contributed by atoms with Gasteiger partial charge in [-0.3, -0.25) is 9.78 Å². The molecule has 1 aromatic heterocycles. The fourth-order valence-corrected chi connectivity index (χ4v) is 2.49. The quantitative estimate of drug-likeness (QED) is 0.504. The Kier molecular flexibility index (Phi) is 3.51. The summed E-state index contributed by atoms with van der Waals surface area (Å²) in [6, 6.07) is 10.7. The normalized spacial score (nSPS) is 10.8. The first-order chi connectivity index (χ1) is 10.1. The number of para-hydroxylation sites is 1. The first-order valence-electron chi connectivity index (χ1n) is 6.11. The summed E-state index contributed by atoms with van der Waals surface area (Å²) in [7, 11) is 0. The number of pyridine rings is 1. The molecule has 2 nitrogen and oxygen atoms in total. The highest BCUT2D eigenvalue weighted by Crippen LogP contribution is 2.26. The van der Waals surface area contributed by atoms with E-state index < -0.39 is 23.0 Å². The molecule has 0 saturated carbocycles. The number of ketones is 1. The standard InChI is InChI=1S/C16H8BrF2NO/c17-11-5-6-12(18)14(15(11)19)16(21)10-7-8-20-13-4-2-1-3-9(10)13/h1-8H. The maximum Gasteiger partial charge on any atom is 0.199 e. The summed E-state index contributed by atoms with van der Waals surface area (Å²) in [5.74, 6) is -2.49. The second-order valence-electron chi connectivity index (χ2n) is 4.42. The number of fused-ring (bicyclic) bond motifs is 1. The lowest BCUT2D eigenvalue weighted by atomic mass is 9.99. The highest BCUT2D eigenvalue weighted by molar-refractivity contribution is 9.10. The minimum atomic E-state index is -0.902. The Bertz CT molecular complexity index is 859. The van der Waals surface area contributed by atoms with E-state index in [2.05, 4.69) is 20.9 Å². The molecule has 0 unspecified atom stereocenters. The number of carbonyl (C=O) groups excluding carboxylic acids is 1. The number of aromatic nitrogens is 1. The van der Waals surface area contributed by atoms with Crippen molar-refractivity contribution >= 4 is 32.6 Å². The molecule has 0 aliphatic rings. The predicted molar refractivity (Wildman–Crippen MR) is 79.2 cm³/mol. The lowest BCUT2D eigenvalue weighted by molar-refractivity contribution is 0.103. The Morgan fingerprint density at radius 1 is 1.05 bits per heavy atom. The number of benzene rings is 2. The molecule has 3 rings (SSSR count). The van der Waals surface area contributed by atoms with E-state index in [1.807, 2.05) is 0 Å². The number of rotatable bonds is 2. The van der Waals surface area contributed by atoms with Crippen molar-refractivity contribution in [1.29, 1.82) is 0 Å². The van der Waals surface area contributed by atoms with Crippen molar-refractivity contribution in [3.63, 3.8) is 0 Å². The van der Waals surface area contributed by atoms with Crippen molar-refractivity contribution in [2.75, 3.05) is 0 Å². The molecule has 0 fully saturated rings. The monoisotopic (exact) mass is 347 g/mol. The van der Waals surface area contributed by atoms with Gasteiger partial charge in [-0.1, -0.05) is 18.2 Å². The minimum Gasteiger partial charge on any atom is -0.288 e. The van der Waals surface area contributed by atoms with E-state index in [1.165, 1.54) is 18.3 Å². The average Bonchev–Trinajstić information content (AvgIpc) is 2.50. The number of halogens is 3. The number of hydrogen-bond acceptors (Lipinski definition) is 2. The molecule has 104 valence electrons. The Balaban J connectivity index is 2.25. The van der Waals surface area contributed by atoms with Crippen LogP contribution in [0, 0.1) is 11.6 Å². The second kappa shape index (κ2) is 5.33. The maximum atomic E-state index is 14.1. The molecular formula is C16H8BrF2NO. The molecule has 3 aromatic rings. The van der Waals surface area contributed by atoms with Crippen molar-refractivity contribution in [3.05, 3.63) is 75.9 Å². The van der Waals surface area contributed by atoms with Gasteiger partial charge in [-0.2, -0.15) is 0 Å². The lowest BCUT2D eigenvalue weighted by Gasteiger charge is -2.08. The van der Waals surface area contributed by atoms with Gasteiger partial charge < -0.3 is 0 Å². The van der Waals surface area contributed by atoms with Gasteiger partial charge in [0, 0.05) is 17.1 Å². The van der Waals surface area contributed by atoms with E-state index in [0.29, 0.717) is 10.9 Å². The van der Waals surface area contributed by atoms with Gasteiger partial charge in [-0.15, -0.1) is 0 Å². The Hall–Kier alpha value is -2.14. The molecule has 0 aliphatic carbocycles. The summed E-state index contributed by atoms with van der Waals surface area (Å²) in [4.78, 5) is 16.7. The predicted octanol–water partition coefficient (Wildman–Crippen LogP) is 4.51. The molecule has 0 bridgehead atoms. The number of carbonyl (C=O) groups is 1. The van der Waals surface area contributed by atoms with E-state index in [-0.39, 0.29) is 10.0 Å². The van der Waals surface area contributed by atoms with Crippen LogP contribution in [0.5, 0.6) is 0 Å². The highest BCUT2D eigenvalue weighted by atomic mass is 79.9. The molecule has 0 aliphatic heterocycles. The maximum absolute atomic E-state index is 14.1. The van der Waals surface area contributed by atoms with Crippen LogP contribution < -0.4 is 0 Å². The first kappa shape index (κ1) is 13.8. The molecule has 0 atom stereocenters. The zero-order valence-corrected chi connectivity index (χ0v) is 12.2. The molecule has 5 heteroatoms. The van der Waals surface area contributed by atoms with Crippen LogP contribution in [0.2, 0.25) is 0 Å². The van der Waals surface area contributed by atoms with Crippen molar-refractivity contribution < 1.29 is 13.6 Å². The van der Waals surface area contributed by atoms with Gasteiger partial charge in [0.2, 0.25) is 0 Å². The summed E-state index contributed by atoms with van der Waals surface area (Å²) >= 11 is 2.96. The van der Waals surface area contributed by atoms with E-state index in [4.69, 9.17) is 0 Å². The topological polar surface area (TPSA) is 30.0 Å². The zero-order chi connectivity index (χ0) is 15.0. The van der Waals surface area contributed by atoms with Gasteiger partial charge in [0.05, 0.1) is 15.6 Å². The summed E-state index contributed by atoms with van der Waals surface area (Å²) in [5.41, 5.74) is 0.247. The largest absolute Gasteiger partial charge is 0.288 e. The van der Waals surface area contributed by atoms with E-state index >= 15 is 0 Å². The Morgan fingerprint density at radius 2 is 1.81 bits per heavy atom. The fraction of sp³-hybridized carbons (Fsp3) is 0. The molecule has 0 radical (unpaired) electrons. The van der Waals surface area contributed by atoms with Crippen molar-refractivity contribution in [1.82, 2.24) is 4.98 Å². The summed E-state index contributed by atoms with van der Waals surface area (Å²) in [5, 5.41) is 0.559. The fourth-order valence-electron chi connectivity index (χ4n) is 2.16. The number of nitrogens with zero attached hydrogens (tertiary/aromatic N) is 1. The van der Waals surface area contributed by atoms with Crippen molar-refractivity contribution in [2.24, 2.45) is 0 Å². The van der Waals surface area contributed by atoms with E-state index in [9.17, 15) is 13.6 Å². The lowest BCUT2D eigenvalue weighted by Crippen LogP contribution is -2.09. The van der Waals surface area contributed by atoms with Crippen LogP contribution in [-0.4, -0.2) is 10.8 Å². The summed E-state index contributed by atoms with van der Waals surface area (Å²) in [6.07, 6.45) is 1.45. The van der Waals surface area contributed by atoms with Gasteiger partial charge in [0.25, 0.3) is 0 Å². The van der Waals surface area contributed by atoms with Crippen LogP contribution >= 0.6 is 15.9 Å². The molecule has 0 saturated heterocycles. The first-order valence-corrected chi connectivity index (χ1v) is 6.91. The number of hydrogen-bond donors (Lipinski definition) is 0. The highest BCUT2D eigenvalue weighted by Gasteiger charge is 2.22. The van der Waals surface area contributed by atoms with Crippen LogP contribution in [0.4, 0.5) is 8.78 Å². The van der Waals surface area contributed by atoms with E-state index in [0.717, 1.165) is 6.07 Å². The summed E-state index contributed by atoms with van der Waals surface area (Å²) < 4.78 is 28.0. The van der Waals surface area contributed by atoms with E-state index in [1.54, 1.807) is 24.3 Å². The molecule has 21 heavy (non-hydrogen) atoms. The Labute approximate surface area is 127 Å². The van der Waals surface area contributed by atoms with Gasteiger partial charge in [0.15, 0.2) is 11.6 Å². The smallest absolute Gasteiger partial charge is 0.199 e. The van der Waals surface area contributed by atoms with Gasteiger partial charge >= 0.3 is 0 Å². The van der Waals surface area contributed by atoms with Crippen LogP contribution in [0.3, 0.4) is 0 Å². The van der Waals surface area contributed by atoms with Gasteiger partial charge in [-0.05, 0) is 40.2 Å². The third kappa shape index (κ3) is 2.34. The van der Waals surface area contributed by atoms with Crippen LogP contribution in [-0.2, 0) is 0 Å². The van der Waals surface area contributed by atoms with Crippen LogP contribution in [0.15, 0.2) is 53.1 Å². The molecular weight excluding hydrogens is 340 g/mol. The third-order valence-corrected chi connectivity index (χ3v) is 3.78. The van der Waals surface area contributed by atoms with Crippen LogP contribution in [0.1, 0.15) is 15.9 Å². The zero-order valence-electron chi connectivity index (χ0n) is 10.6. The molecule has 1 heterocycles. The van der Waals surface area contributed by atoms with Crippen molar-refractivity contribution in [3.8, 4) is 0 Å². The Morgan fingerprint density at radius 3 is 2.62 bits per heavy atom. The molecule has 2 aromatic carbocycles. The van der Waals surface area contributed by atoms with Crippen LogP contribution in [0.25, 0.3) is 10.9 Å². The SMILES string of the molecule is O=C(c1c(F)ccc(Br)c1F)c1ccnc2ccccc12. The molecule has 0 amide bonds. The summed E-state index contributed by atoms with van der Waals surface area (Å²) in [6.45, 7) is 0. The van der Waals surface area contributed by atoms with Crippen molar-refractivity contribution in [2.45, 2.75) is 0 Å². The second-order valence-corrected chi connectivity index (χ2v) is 5.28. The average molecular weight is 348 g/mol. The minimum absolute atomic E-state index is 0.0469. The van der Waals surface area contributed by atoms with Gasteiger partial charge in [-0.25, -0.2) is 8.78 Å². The third-order valence-electron chi connectivity index (χ3n) is 3.16. The molecule has 0 N–H and O–H groups in total. The molecule has 0 spiro atoms.